The lowest BCUT2D eigenvalue weighted by atomic mass is 10.2. The van der Waals surface area contributed by atoms with Crippen molar-refractivity contribution in [2.45, 2.75) is 25.5 Å². The molecule has 0 spiro atoms. The molecule has 0 aliphatic heterocycles. The molecule has 0 bridgehead atoms. The molecule has 0 aliphatic carbocycles. The summed E-state index contributed by atoms with van der Waals surface area (Å²) in [6.45, 7) is 5.12. The molecule has 3 aromatic rings. The molecular weight excluding hydrogens is 420 g/mol. The predicted molar refractivity (Wildman–Crippen MR) is 118 cm³/mol. The van der Waals surface area contributed by atoms with Crippen molar-refractivity contribution in [1.82, 2.24) is 24.5 Å². The fourth-order valence-electron chi connectivity index (χ4n) is 2.87. The first kappa shape index (κ1) is 22.5. The summed E-state index contributed by atoms with van der Waals surface area (Å²) in [5.74, 6) is 2.27. The van der Waals surface area contributed by atoms with Crippen molar-refractivity contribution in [3.8, 4) is 28.8 Å². The molecule has 1 N–H and O–H groups in total. The van der Waals surface area contributed by atoms with E-state index in [0.717, 1.165) is 5.56 Å². The predicted octanol–water partition coefficient (Wildman–Crippen LogP) is 2.85. The van der Waals surface area contributed by atoms with E-state index in [0.29, 0.717) is 47.2 Å². The molecule has 1 amide bonds. The van der Waals surface area contributed by atoms with E-state index >= 15 is 0 Å². The molecule has 0 unspecified atom stereocenters. The summed E-state index contributed by atoms with van der Waals surface area (Å²) in [5, 5.41) is 16.4. The highest BCUT2D eigenvalue weighted by Crippen LogP contribution is 2.31. The molecule has 2 aromatic heterocycles. The molecule has 0 fully saturated rings. The number of thioether (sulfide) groups is 1. The second-order valence-corrected chi connectivity index (χ2v) is 7.35. The number of aromatic nitrogens is 5. The van der Waals surface area contributed by atoms with Gasteiger partial charge in [-0.05, 0) is 26.0 Å². The molecule has 31 heavy (non-hydrogen) atoms. The van der Waals surface area contributed by atoms with E-state index in [4.69, 9.17) is 14.2 Å². The first-order valence-electron chi connectivity index (χ1n) is 9.75. The first-order valence-corrected chi connectivity index (χ1v) is 10.7. The lowest BCUT2D eigenvalue weighted by Gasteiger charge is -2.11. The Labute approximate surface area is 184 Å². The normalized spacial score (nSPS) is 10.7. The van der Waals surface area contributed by atoms with Crippen molar-refractivity contribution < 1.29 is 19.0 Å². The number of ether oxygens (including phenoxy) is 3. The largest absolute Gasteiger partial charge is 0.497 e. The molecule has 2 heterocycles. The number of hydrogen-bond donors (Lipinski definition) is 1. The maximum atomic E-state index is 12.5. The summed E-state index contributed by atoms with van der Waals surface area (Å²) in [6, 6.07) is 5.22. The Kier molecular flexibility index (Phi) is 7.40. The van der Waals surface area contributed by atoms with E-state index in [2.05, 4.69) is 20.6 Å². The summed E-state index contributed by atoms with van der Waals surface area (Å²) in [5.41, 5.74) is 1.30. The standard InChI is InChI=1S/C20H26N6O4S/c1-6-26-11-14(19(24-26)30-7-2)18-22-23-20(25(18)3)31-12-17(27)21-15-10-13(28-4)8-9-16(15)29-5/h8-11H,6-7,12H2,1-5H3,(H,21,27). The third-order valence-corrected chi connectivity index (χ3v) is 5.44. The van der Waals surface area contributed by atoms with Crippen LogP contribution in [0.3, 0.4) is 0 Å². The minimum absolute atomic E-state index is 0.152. The number of nitrogens with zero attached hydrogens (tertiary/aromatic N) is 5. The molecule has 0 aliphatic rings. The van der Waals surface area contributed by atoms with Gasteiger partial charge >= 0.3 is 0 Å². The fourth-order valence-corrected chi connectivity index (χ4v) is 3.58. The van der Waals surface area contributed by atoms with Crippen molar-refractivity contribution in [3.05, 3.63) is 24.4 Å². The van der Waals surface area contributed by atoms with Crippen molar-refractivity contribution in [2.24, 2.45) is 7.05 Å². The Bertz CT molecular complexity index is 1050. The molecule has 166 valence electrons. The Balaban J connectivity index is 1.71. The summed E-state index contributed by atoms with van der Waals surface area (Å²) < 4.78 is 19.8. The Morgan fingerprint density at radius 3 is 2.68 bits per heavy atom. The second kappa shape index (κ2) is 10.2. The Hall–Kier alpha value is -3.21. The van der Waals surface area contributed by atoms with Gasteiger partial charge in [-0.1, -0.05) is 11.8 Å². The number of carbonyl (C=O) groups is 1. The average Bonchev–Trinajstić information content (AvgIpc) is 3.35. The number of methoxy groups -OCH3 is 2. The lowest BCUT2D eigenvalue weighted by molar-refractivity contribution is -0.113. The van der Waals surface area contributed by atoms with Gasteiger partial charge in [-0.15, -0.1) is 15.3 Å². The molecule has 0 radical (unpaired) electrons. The number of hydrogen-bond acceptors (Lipinski definition) is 8. The summed E-state index contributed by atoms with van der Waals surface area (Å²) in [7, 11) is 4.96. The van der Waals surface area contributed by atoms with Crippen LogP contribution in [0.25, 0.3) is 11.4 Å². The molecule has 10 nitrogen and oxygen atoms in total. The van der Waals surface area contributed by atoms with Crippen LogP contribution < -0.4 is 19.5 Å². The zero-order chi connectivity index (χ0) is 22.4. The van der Waals surface area contributed by atoms with Gasteiger partial charge in [0.05, 0.1) is 32.3 Å². The van der Waals surface area contributed by atoms with Gasteiger partial charge in [-0.25, -0.2) is 0 Å². The van der Waals surface area contributed by atoms with Gasteiger partial charge in [0.2, 0.25) is 11.8 Å². The van der Waals surface area contributed by atoms with E-state index in [-0.39, 0.29) is 11.7 Å². The van der Waals surface area contributed by atoms with E-state index in [9.17, 15) is 4.79 Å². The number of amides is 1. The van der Waals surface area contributed by atoms with Crippen molar-refractivity contribution >= 4 is 23.4 Å². The van der Waals surface area contributed by atoms with Crippen LogP contribution >= 0.6 is 11.8 Å². The van der Waals surface area contributed by atoms with E-state index in [1.54, 1.807) is 37.1 Å². The van der Waals surface area contributed by atoms with Gasteiger partial charge in [0.25, 0.3) is 0 Å². The summed E-state index contributed by atoms with van der Waals surface area (Å²) >= 11 is 1.28. The highest BCUT2D eigenvalue weighted by molar-refractivity contribution is 7.99. The average molecular weight is 447 g/mol. The minimum Gasteiger partial charge on any atom is -0.497 e. The van der Waals surface area contributed by atoms with Crippen LogP contribution in [0.5, 0.6) is 17.4 Å². The number of benzene rings is 1. The van der Waals surface area contributed by atoms with E-state index in [1.165, 1.54) is 11.8 Å². The quantitative estimate of drug-likeness (QED) is 0.474. The lowest BCUT2D eigenvalue weighted by Crippen LogP contribution is -2.15. The van der Waals surface area contributed by atoms with Gasteiger partial charge in [0.1, 0.15) is 17.1 Å². The monoisotopic (exact) mass is 446 g/mol. The van der Waals surface area contributed by atoms with Crippen LogP contribution in [0.4, 0.5) is 5.69 Å². The maximum Gasteiger partial charge on any atom is 0.243 e. The summed E-state index contributed by atoms with van der Waals surface area (Å²) in [6.07, 6.45) is 1.88. The topological polar surface area (TPSA) is 105 Å². The summed E-state index contributed by atoms with van der Waals surface area (Å²) in [4.78, 5) is 12.5. The molecular formula is C20H26N6O4S. The van der Waals surface area contributed by atoms with Gasteiger partial charge in [-0.2, -0.15) is 0 Å². The van der Waals surface area contributed by atoms with Crippen LogP contribution in [-0.4, -0.2) is 57.0 Å². The van der Waals surface area contributed by atoms with Crippen LogP contribution in [-0.2, 0) is 18.4 Å². The van der Waals surface area contributed by atoms with Gasteiger partial charge in [0, 0.05) is 25.9 Å². The molecule has 0 atom stereocenters. The van der Waals surface area contributed by atoms with Crippen molar-refractivity contribution in [2.75, 3.05) is 31.9 Å². The molecule has 11 heteroatoms. The number of nitrogens with one attached hydrogen (secondary N) is 1. The van der Waals surface area contributed by atoms with Crippen LogP contribution in [0.15, 0.2) is 29.6 Å². The Morgan fingerprint density at radius 1 is 1.19 bits per heavy atom. The van der Waals surface area contributed by atoms with E-state index in [1.807, 2.05) is 31.7 Å². The fraction of sp³-hybridized carbons (Fsp3) is 0.400. The third-order valence-electron chi connectivity index (χ3n) is 4.42. The zero-order valence-electron chi connectivity index (χ0n) is 18.2. The van der Waals surface area contributed by atoms with Crippen LogP contribution in [0.2, 0.25) is 0 Å². The second-order valence-electron chi connectivity index (χ2n) is 6.40. The van der Waals surface area contributed by atoms with Gasteiger partial charge in [0.15, 0.2) is 11.0 Å². The number of carbonyl (C=O) groups excluding carboxylic acids is 1. The van der Waals surface area contributed by atoms with Crippen LogP contribution in [0, 0.1) is 0 Å². The molecule has 3 rings (SSSR count). The molecule has 0 saturated heterocycles. The smallest absolute Gasteiger partial charge is 0.243 e. The van der Waals surface area contributed by atoms with Crippen molar-refractivity contribution in [3.63, 3.8) is 0 Å². The zero-order valence-corrected chi connectivity index (χ0v) is 19.0. The number of rotatable bonds is 10. The SMILES string of the molecule is CCOc1nn(CC)cc1-c1nnc(SCC(=O)Nc2cc(OC)ccc2OC)n1C. The molecule has 0 saturated carbocycles. The third kappa shape index (κ3) is 5.10. The van der Waals surface area contributed by atoms with Gasteiger partial charge in [-0.3, -0.25) is 9.48 Å². The van der Waals surface area contributed by atoms with Crippen LogP contribution in [0.1, 0.15) is 13.8 Å². The van der Waals surface area contributed by atoms with Crippen molar-refractivity contribution in [1.29, 1.82) is 0 Å². The highest BCUT2D eigenvalue weighted by Gasteiger charge is 2.20. The molecule has 1 aromatic carbocycles. The highest BCUT2D eigenvalue weighted by atomic mass is 32.2. The maximum absolute atomic E-state index is 12.5. The minimum atomic E-state index is -0.199. The van der Waals surface area contributed by atoms with E-state index < -0.39 is 0 Å². The first-order chi connectivity index (χ1) is 15.0. The number of aryl methyl sites for hydroxylation is 1. The van der Waals surface area contributed by atoms with Gasteiger partial charge < -0.3 is 24.1 Å². The number of anilines is 1. The Morgan fingerprint density at radius 2 is 2.00 bits per heavy atom.